The molecule has 0 bridgehead atoms. The van der Waals surface area contributed by atoms with E-state index in [-0.39, 0.29) is 5.75 Å². The van der Waals surface area contributed by atoms with Crippen molar-refractivity contribution in [1.29, 1.82) is 0 Å². The Hall–Kier alpha value is -2.49. The summed E-state index contributed by atoms with van der Waals surface area (Å²) in [6.45, 7) is 0. The van der Waals surface area contributed by atoms with Crippen LogP contribution in [0.25, 0.3) is 12.2 Å². The molecule has 0 fully saturated rings. The van der Waals surface area contributed by atoms with E-state index in [1.807, 2.05) is 0 Å². The van der Waals surface area contributed by atoms with Gasteiger partial charge in [0.15, 0.2) is 11.5 Å². The lowest BCUT2D eigenvalue weighted by Gasteiger charge is -2.01. The van der Waals surface area contributed by atoms with Gasteiger partial charge >= 0.3 is 0 Å². The summed E-state index contributed by atoms with van der Waals surface area (Å²) in [6, 6.07) is 8.92. The van der Waals surface area contributed by atoms with E-state index >= 15 is 0 Å². The van der Waals surface area contributed by atoms with Crippen LogP contribution in [0.3, 0.4) is 0 Å². The molecule has 4 heteroatoms. The summed E-state index contributed by atoms with van der Waals surface area (Å²) in [4.78, 5) is 0. The molecule has 18 heavy (non-hydrogen) atoms. The van der Waals surface area contributed by atoms with Gasteiger partial charge in [-0.25, -0.2) is 0 Å². The SMILES string of the molecule is Oc1ccc(/C=C/c2cc(O)c(F)c(O)c2)cc1. The molecule has 3 N–H and O–H groups in total. The first-order valence-electron chi connectivity index (χ1n) is 5.25. The van der Waals surface area contributed by atoms with Crippen molar-refractivity contribution in [2.24, 2.45) is 0 Å². The molecule has 0 unspecified atom stereocenters. The molecule has 0 spiro atoms. The highest BCUT2D eigenvalue weighted by atomic mass is 19.1. The quantitative estimate of drug-likeness (QED) is 0.713. The molecule has 2 aromatic carbocycles. The monoisotopic (exact) mass is 246 g/mol. The summed E-state index contributed by atoms with van der Waals surface area (Å²) in [5.41, 5.74) is 1.30. The normalized spacial score (nSPS) is 10.9. The fraction of sp³-hybridized carbons (Fsp3) is 0. The highest BCUT2D eigenvalue weighted by molar-refractivity contribution is 5.71. The lowest BCUT2D eigenvalue weighted by Crippen LogP contribution is -1.80. The van der Waals surface area contributed by atoms with E-state index in [1.54, 1.807) is 36.4 Å². The topological polar surface area (TPSA) is 60.7 Å². The molecular formula is C14H11FO3. The van der Waals surface area contributed by atoms with Gasteiger partial charge in [0.1, 0.15) is 5.75 Å². The summed E-state index contributed by atoms with van der Waals surface area (Å²) < 4.78 is 13.0. The van der Waals surface area contributed by atoms with Crippen LogP contribution in [0.1, 0.15) is 11.1 Å². The van der Waals surface area contributed by atoms with Gasteiger partial charge in [0.25, 0.3) is 0 Å². The zero-order chi connectivity index (χ0) is 13.1. The van der Waals surface area contributed by atoms with Crippen LogP contribution in [-0.2, 0) is 0 Å². The first-order valence-corrected chi connectivity index (χ1v) is 5.25. The van der Waals surface area contributed by atoms with Crippen molar-refractivity contribution < 1.29 is 19.7 Å². The molecule has 0 aromatic heterocycles. The Morgan fingerprint density at radius 1 is 0.778 bits per heavy atom. The van der Waals surface area contributed by atoms with Gasteiger partial charge in [-0.05, 0) is 35.4 Å². The maximum absolute atomic E-state index is 13.0. The van der Waals surface area contributed by atoms with E-state index in [4.69, 9.17) is 5.11 Å². The molecule has 3 nitrogen and oxygen atoms in total. The second kappa shape index (κ2) is 4.79. The molecule has 0 aliphatic heterocycles. The molecule has 0 radical (unpaired) electrons. The first-order chi connectivity index (χ1) is 8.56. The highest BCUT2D eigenvalue weighted by Gasteiger charge is 2.07. The van der Waals surface area contributed by atoms with Gasteiger partial charge in [-0.3, -0.25) is 0 Å². The average molecular weight is 246 g/mol. The number of benzene rings is 2. The minimum atomic E-state index is -1.03. The van der Waals surface area contributed by atoms with Crippen LogP contribution < -0.4 is 0 Å². The molecule has 0 atom stereocenters. The van der Waals surface area contributed by atoms with Gasteiger partial charge in [0, 0.05) is 0 Å². The van der Waals surface area contributed by atoms with Crippen LogP contribution in [0.2, 0.25) is 0 Å². The number of rotatable bonds is 2. The number of aromatic hydroxyl groups is 3. The van der Waals surface area contributed by atoms with Gasteiger partial charge in [0.2, 0.25) is 5.82 Å². The van der Waals surface area contributed by atoms with Crippen molar-refractivity contribution in [3.05, 3.63) is 53.3 Å². The third-order valence-corrected chi connectivity index (χ3v) is 2.42. The van der Waals surface area contributed by atoms with Crippen LogP contribution in [-0.4, -0.2) is 15.3 Å². The second-order valence-electron chi connectivity index (χ2n) is 3.80. The third kappa shape index (κ3) is 2.60. The fourth-order valence-corrected chi connectivity index (χ4v) is 1.49. The van der Waals surface area contributed by atoms with E-state index in [9.17, 15) is 14.6 Å². The van der Waals surface area contributed by atoms with Crippen molar-refractivity contribution in [3.8, 4) is 17.2 Å². The summed E-state index contributed by atoms with van der Waals surface area (Å²) in [6.07, 6.45) is 3.33. The maximum Gasteiger partial charge on any atom is 0.206 e. The maximum atomic E-state index is 13.0. The second-order valence-corrected chi connectivity index (χ2v) is 3.80. The van der Waals surface area contributed by atoms with Crippen LogP contribution in [0.5, 0.6) is 17.2 Å². The van der Waals surface area contributed by atoms with Gasteiger partial charge < -0.3 is 15.3 Å². The predicted octanol–water partition coefficient (Wildman–Crippen LogP) is 3.11. The minimum Gasteiger partial charge on any atom is -0.508 e. The van der Waals surface area contributed by atoms with Gasteiger partial charge in [0.05, 0.1) is 0 Å². The van der Waals surface area contributed by atoms with E-state index in [2.05, 4.69) is 0 Å². The highest BCUT2D eigenvalue weighted by Crippen LogP contribution is 2.27. The fourth-order valence-electron chi connectivity index (χ4n) is 1.49. The number of hydrogen-bond donors (Lipinski definition) is 3. The Morgan fingerprint density at radius 2 is 1.28 bits per heavy atom. The lowest BCUT2D eigenvalue weighted by atomic mass is 10.1. The van der Waals surface area contributed by atoms with Crippen LogP contribution in [0, 0.1) is 5.82 Å². The van der Waals surface area contributed by atoms with Crippen molar-refractivity contribution >= 4 is 12.2 Å². The Bertz CT molecular complexity index is 565. The predicted molar refractivity (Wildman–Crippen MR) is 66.8 cm³/mol. The molecule has 92 valence electrons. The Morgan fingerprint density at radius 3 is 1.83 bits per heavy atom. The largest absolute Gasteiger partial charge is 0.508 e. The molecule has 2 rings (SSSR count). The summed E-state index contributed by atoms with van der Waals surface area (Å²) in [5.74, 6) is -2.05. The average Bonchev–Trinajstić information content (AvgIpc) is 2.35. The third-order valence-electron chi connectivity index (χ3n) is 2.42. The van der Waals surface area contributed by atoms with E-state index < -0.39 is 17.3 Å². The van der Waals surface area contributed by atoms with Crippen LogP contribution in [0.4, 0.5) is 4.39 Å². The van der Waals surface area contributed by atoms with Gasteiger partial charge in [-0.2, -0.15) is 4.39 Å². The summed E-state index contributed by atoms with van der Waals surface area (Å²) >= 11 is 0. The molecule has 2 aromatic rings. The summed E-state index contributed by atoms with van der Waals surface area (Å²) in [7, 11) is 0. The molecule has 0 heterocycles. The Kier molecular flexibility index (Phi) is 3.19. The molecule has 0 amide bonds. The van der Waals surface area contributed by atoms with Crippen LogP contribution in [0.15, 0.2) is 36.4 Å². The van der Waals surface area contributed by atoms with Crippen molar-refractivity contribution in [2.75, 3.05) is 0 Å². The molecular weight excluding hydrogens is 235 g/mol. The molecule has 0 aliphatic rings. The molecule has 0 saturated carbocycles. The van der Waals surface area contributed by atoms with Gasteiger partial charge in [-0.1, -0.05) is 24.3 Å². The van der Waals surface area contributed by atoms with Crippen molar-refractivity contribution in [3.63, 3.8) is 0 Å². The van der Waals surface area contributed by atoms with Crippen molar-refractivity contribution in [2.45, 2.75) is 0 Å². The summed E-state index contributed by atoms with van der Waals surface area (Å²) in [5, 5.41) is 27.5. The number of phenols is 3. The van der Waals surface area contributed by atoms with E-state index in [0.717, 1.165) is 5.56 Å². The standard InChI is InChI=1S/C14H11FO3/c15-14-12(17)7-10(8-13(14)18)2-1-9-3-5-11(16)6-4-9/h1-8,16-18H/b2-1+. The Balaban J connectivity index is 2.26. The zero-order valence-electron chi connectivity index (χ0n) is 9.34. The van der Waals surface area contributed by atoms with E-state index in [1.165, 1.54) is 12.1 Å². The first kappa shape index (κ1) is 12.0. The minimum absolute atomic E-state index is 0.171. The zero-order valence-corrected chi connectivity index (χ0v) is 9.34. The lowest BCUT2D eigenvalue weighted by molar-refractivity contribution is 0.389. The molecule has 0 saturated heterocycles. The number of phenolic OH excluding ortho intramolecular Hbond substituents is 3. The number of halogens is 1. The smallest absolute Gasteiger partial charge is 0.206 e. The van der Waals surface area contributed by atoms with Gasteiger partial charge in [-0.15, -0.1) is 0 Å². The van der Waals surface area contributed by atoms with Crippen LogP contribution >= 0.6 is 0 Å². The number of hydrogen-bond acceptors (Lipinski definition) is 3. The van der Waals surface area contributed by atoms with Crippen molar-refractivity contribution in [1.82, 2.24) is 0 Å². The molecule has 0 aliphatic carbocycles. The Labute approximate surface area is 103 Å². The van der Waals surface area contributed by atoms with E-state index in [0.29, 0.717) is 5.56 Å².